The van der Waals surface area contributed by atoms with E-state index in [1.165, 1.54) is 15.6 Å². The normalized spacial score (nSPS) is 14.6. The molecule has 0 heterocycles. The molecule has 0 aromatic heterocycles. The van der Waals surface area contributed by atoms with Crippen LogP contribution in [0, 0.1) is 11.3 Å². The number of ether oxygens (including phenoxy) is 1. The van der Waals surface area contributed by atoms with Gasteiger partial charge in [-0.15, -0.1) is 0 Å². The molecule has 0 aliphatic carbocycles. The zero-order chi connectivity index (χ0) is 27.8. The van der Waals surface area contributed by atoms with E-state index >= 15 is 0 Å². The standard InChI is InChI=1S/C33H39IO3Si/c1-25(24-36-32(35)33(4,5)6)22-26(2)31(27(3)23-34)37-38(28-16-10-7-11-17-28,29-18-12-8-13-19-29)30-20-14-9-15-21-30/h7-23,26,31H,24H2,1-6H3/b25-22+,27-23+/t26-,31-/m1/s1. The Morgan fingerprint density at radius 1 is 0.842 bits per heavy atom. The summed E-state index contributed by atoms with van der Waals surface area (Å²) in [6, 6.07) is 31.9. The highest BCUT2D eigenvalue weighted by atomic mass is 127. The predicted octanol–water partition coefficient (Wildman–Crippen LogP) is 6.55. The van der Waals surface area contributed by atoms with Crippen molar-refractivity contribution in [2.24, 2.45) is 11.3 Å². The molecule has 0 saturated heterocycles. The molecule has 0 aliphatic heterocycles. The molecule has 200 valence electrons. The molecular weight excluding hydrogens is 599 g/mol. The van der Waals surface area contributed by atoms with E-state index in [2.05, 4.69) is 138 Å². The summed E-state index contributed by atoms with van der Waals surface area (Å²) in [6.45, 7) is 12.2. The molecule has 5 heteroatoms. The summed E-state index contributed by atoms with van der Waals surface area (Å²) in [7, 11) is -2.90. The fourth-order valence-electron chi connectivity index (χ4n) is 4.57. The van der Waals surface area contributed by atoms with Gasteiger partial charge in [-0.05, 0) is 65.4 Å². The summed E-state index contributed by atoms with van der Waals surface area (Å²) in [5.74, 6) is -0.143. The van der Waals surface area contributed by atoms with E-state index in [0.717, 1.165) is 11.1 Å². The lowest BCUT2D eigenvalue weighted by Crippen LogP contribution is -2.70. The third kappa shape index (κ3) is 7.33. The molecule has 3 rings (SSSR count). The topological polar surface area (TPSA) is 35.5 Å². The van der Waals surface area contributed by atoms with Gasteiger partial charge in [0, 0.05) is 5.92 Å². The summed E-state index contributed by atoms with van der Waals surface area (Å²) in [6.07, 6.45) is 2.01. The lowest BCUT2D eigenvalue weighted by Gasteiger charge is -2.38. The fraction of sp³-hybridized carbons (Fsp3) is 0.303. The number of carbonyl (C=O) groups excluding carboxylic acids is 1. The van der Waals surface area contributed by atoms with Crippen molar-refractivity contribution in [3.8, 4) is 0 Å². The minimum Gasteiger partial charge on any atom is -0.461 e. The van der Waals surface area contributed by atoms with Gasteiger partial charge in [0.15, 0.2) is 0 Å². The Bertz CT molecular complexity index is 1130. The van der Waals surface area contributed by atoms with Gasteiger partial charge >= 0.3 is 5.97 Å². The van der Waals surface area contributed by atoms with Gasteiger partial charge < -0.3 is 9.16 Å². The van der Waals surface area contributed by atoms with Gasteiger partial charge in [-0.25, -0.2) is 0 Å². The molecule has 0 radical (unpaired) electrons. The van der Waals surface area contributed by atoms with E-state index < -0.39 is 13.7 Å². The zero-order valence-corrected chi connectivity index (χ0v) is 26.4. The molecule has 0 amide bonds. The van der Waals surface area contributed by atoms with Crippen molar-refractivity contribution >= 4 is 52.4 Å². The van der Waals surface area contributed by atoms with Gasteiger partial charge in [0.1, 0.15) is 6.61 Å². The lowest BCUT2D eigenvalue weighted by atomic mass is 9.96. The summed E-state index contributed by atoms with van der Waals surface area (Å²) < 4.78 is 15.2. The van der Waals surface area contributed by atoms with Gasteiger partial charge in [-0.2, -0.15) is 0 Å². The van der Waals surface area contributed by atoms with Gasteiger partial charge in [0.05, 0.1) is 11.5 Å². The maximum atomic E-state index is 12.3. The number of halogens is 1. The van der Waals surface area contributed by atoms with Crippen molar-refractivity contribution < 1.29 is 14.0 Å². The van der Waals surface area contributed by atoms with Crippen LogP contribution in [0.1, 0.15) is 41.5 Å². The molecule has 0 unspecified atom stereocenters. The molecule has 3 aromatic rings. The van der Waals surface area contributed by atoms with Crippen molar-refractivity contribution in [2.45, 2.75) is 47.6 Å². The Hall–Kier alpha value is -2.48. The van der Waals surface area contributed by atoms with Gasteiger partial charge in [-0.3, -0.25) is 4.79 Å². The van der Waals surface area contributed by atoms with E-state index in [9.17, 15) is 4.79 Å². The Kier molecular flexibility index (Phi) is 10.7. The van der Waals surface area contributed by atoms with Gasteiger partial charge in [0.2, 0.25) is 0 Å². The first-order chi connectivity index (χ1) is 18.1. The first-order valence-electron chi connectivity index (χ1n) is 13.1. The summed E-state index contributed by atoms with van der Waals surface area (Å²) >= 11 is 2.31. The number of hydrogen-bond donors (Lipinski definition) is 0. The van der Waals surface area contributed by atoms with Gasteiger partial charge in [-0.1, -0.05) is 127 Å². The van der Waals surface area contributed by atoms with Crippen LogP contribution in [-0.4, -0.2) is 27.0 Å². The Morgan fingerprint density at radius 2 is 1.26 bits per heavy atom. The van der Waals surface area contributed by atoms with Crippen molar-refractivity contribution in [3.05, 3.63) is 112 Å². The molecule has 0 N–H and O–H groups in total. The van der Waals surface area contributed by atoms with Crippen LogP contribution in [0.4, 0.5) is 0 Å². The number of carbonyl (C=O) groups is 1. The van der Waals surface area contributed by atoms with Crippen molar-refractivity contribution in [3.63, 3.8) is 0 Å². The van der Waals surface area contributed by atoms with Crippen LogP contribution >= 0.6 is 22.6 Å². The third-order valence-electron chi connectivity index (χ3n) is 6.53. The molecule has 2 atom stereocenters. The minimum atomic E-state index is -2.90. The third-order valence-corrected chi connectivity index (χ3v) is 11.6. The molecule has 0 bridgehead atoms. The molecule has 0 aliphatic rings. The molecule has 0 spiro atoms. The Balaban J connectivity index is 2.10. The Morgan fingerprint density at radius 3 is 1.63 bits per heavy atom. The monoisotopic (exact) mass is 638 g/mol. The molecule has 0 saturated carbocycles. The predicted molar refractivity (Wildman–Crippen MR) is 170 cm³/mol. The van der Waals surface area contributed by atoms with Crippen LogP contribution in [0.15, 0.2) is 112 Å². The highest BCUT2D eigenvalue weighted by molar-refractivity contribution is 14.1. The van der Waals surface area contributed by atoms with E-state index in [0.29, 0.717) is 0 Å². The first kappa shape index (κ1) is 30.1. The van der Waals surface area contributed by atoms with Gasteiger partial charge in [0.25, 0.3) is 8.32 Å². The SMILES string of the molecule is C/C(=C\[C@@H](C)[C@@H](O[Si](c1ccccc1)(c1ccccc1)c1ccccc1)/C(C)=C/I)COC(=O)C(C)(C)C. The first-order valence-corrected chi connectivity index (χ1v) is 16.2. The fourth-order valence-corrected chi connectivity index (χ4v) is 9.10. The maximum Gasteiger partial charge on any atom is 0.311 e. The van der Waals surface area contributed by atoms with E-state index in [-0.39, 0.29) is 24.6 Å². The average molecular weight is 639 g/mol. The number of hydrogen-bond acceptors (Lipinski definition) is 3. The average Bonchev–Trinajstić information content (AvgIpc) is 2.93. The summed E-state index contributed by atoms with van der Waals surface area (Å²) in [4.78, 5) is 12.3. The maximum absolute atomic E-state index is 12.3. The van der Waals surface area contributed by atoms with Crippen molar-refractivity contribution in [1.82, 2.24) is 0 Å². The van der Waals surface area contributed by atoms with Crippen molar-refractivity contribution in [2.75, 3.05) is 6.61 Å². The van der Waals surface area contributed by atoms with E-state index in [1.54, 1.807) is 0 Å². The second-order valence-electron chi connectivity index (χ2n) is 10.9. The molecular formula is C33H39IO3Si. The summed E-state index contributed by atoms with van der Waals surface area (Å²) in [5, 5.41) is 3.61. The number of esters is 1. The second kappa shape index (κ2) is 13.5. The molecule has 3 aromatic carbocycles. The zero-order valence-electron chi connectivity index (χ0n) is 23.3. The molecule has 3 nitrogen and oxygen atoms in total. The second-order valence-corrected chi connectivity index (χ2v) is 14.8. The number of benzene rings is 3. The quantitative estimate of drug-likeness (QED) is 0.0832. The molecule has 38 heavy (non-hydrogen) atoms. The van der Waals surface area contributed by atoms with Crippen LogP contribution in [0.5, 0.6) is 0 Å². The highest BCUT2D eigenvalue weighted by Gasteiger charge is 2.44. The molecule has 0 fully saturated rings. The Labute approximate surface area is 243 Å². The largest absolute Gasteiger partial charge is 0.461 e. The van der Waals surface area contributed by atoms with Crippen LogP contribution in [0.3, 0.4) is 0 Å². The van der Waals surface area contributed by atoms with Crippen molar-refractivity contribution in [1.29, 1.82) is 0 Å². The van der Waals surface area contributed by atoms with E-state index in [1.807, 2.05) is 27.7 Å². The summed E-state index contributed by atoms with van der Waals surface area (Å²) in [5.41, 5.74) is 1.65. The lowest BCUT2D eigenvalue weighted by molar-refractivity contribution is -0.151. The van der Waals surface area contributed by atoms with Crippen LogP contribution in [0.25, 0.3) is 0 Å². The highest BCUT2D eigenvalue weighted by Crippen LogP contribution is 2.25. The minimum absolute atomic E-state index is 0.0531. The smallest absolute Gasteiger partial charge is 0.311 e. The number of rotatable bonds is 10. The van der Waals surface area contributed by atoms with Crippen LogP contribution < -0.4 is 15.6 Å². The van der Waals surface area contributed by atoms with E-state index in [4.69, 9.17) is 9.16 Å². The van der Waals surface area contributed by atoms with Crippen LogP contribution in [-0.2, 0) is 14.0 Å². The van der Waals surface area contributed by atoms with Crippen LogP contribution in [0.2, 0.25) is 0 Å².